The summed E-state index contributed by atoms with van der Waals surface area (Å²) in [7, 11) is 0. The van der Waals surface area contributed by atoms with E-state index >= 15 is 0 Å². The summed E-state index contributed by atoms with van der Waals surface area (Å²) in [5, 5.41) is 3.76. The molecule has 1 nitrogen and oxygen atoms in total. The molecule has 2 rings (SSSR count). The van der Waals surface area contributed by atoms with E-state index in [1.807, 2.05) is 0 Å². The molecule has 1 heterocycles. The van der Waals surface area contributed by atoms with Crippen molar-refractivity contribution in [3.63, 3.8) is 0 Å². The number of nitrogens with one attached hydrogen (secondary N) is 1. The van der Waals surface area contributed by atoms with Gasteiger partial charge in [0.2, 0.25) is 0 Å². The molecule has 1 saturated heterocycles. The van der Waals surface area contributed by atoms with Gasteiger partial charge in [-0.1, -0.05) is 13.3 Å². The Balaban J connectivity index is 1.62. The number of hydrogen-bond donors (Lipinski definition) is 1. The Hall–Kier alpha value is 0.310. The topological polar surface area (TPSA) is 12.0 Å². The fraction of sp³-hybridized carbons (Fsp3) is 1.00. The summed E-state index contributed by atoms with van der Waals surface area (Å²) >= 11 is 2.10. The third-order valence-corrected chi connectivity index (χ3v) is 4.38. The molecule has 0 aromatic carbocycles. The average molecular weight is 185 g/mol. The molecule has 1 saturated carbocycles. The number of hydrogen-bond acceptors (Lipinski definition) is 2. The van der Waals surface area contributed by atoms with Crippen molar-refractivity contribution in [1.82, 2.24) is 5.32 Å². The maximum atomic E-state index is 3.76. The van der Waals surface area contributed by atoms with Gasteiger partial charge in [0.25, 0.3) is 0 Å². The lowest BCUT2D eigenvalue weighted by Gasteiger charge is -2.37. The molecule has 0 aromatic rings. The van der Waals surface area contributed by atoms with Crippen LogP contribution in [0.1, 0.15) is 32.6 Å². The molecule has 0 amide bonds. The van der Waals surface area contributed by atoms with Crippen molar-refractivity contribution in [3.05, 3.63) is 0 Å². The van der Waals surface area contributed by atoms with Crippen LogP contribution < -0.4 is 5.32 Å². The van der Waals surface area contributed by atoms with Crippen molar-refractivity contribution in [2.45, 2.75) is 44.7 Å². The van der Waals surface area contributed by atoms with Gasteiger partial charge >= 0.3 is 0 Å². The number of rotatable bonds is 3. The minimum absolute atomic E-state index is 0.845. The maximum Gasteiger partial charge on any atom is 0.0168 e. The van der Waals surface area contributed by atoms with Crippen LogP contribution in [0, 0.1) is 5.92 Å². The Bertz CT molecular complexity index is 137. The van der Waals surface area contributed by atoms with Gasteiger partial charge in [-0.3, -0.25) is 0 Å². The van der Waals surface area contributed by atoms with Gasteiger partial charge in [0, 0.05) is 17.8 Å². The first kappa shape index (κ1) is 8.89. The molecule has 2 fully saturated rings. The molecule has 70 valence electrons. The van der Waals surface area contributed by atoms with Crippen LogP contribution in [0.2, 0.25) is 0 Å². The zero-order chi connectivity index (χ0) is 8.39. The van der Waals surface area contributed by atoms with Gasteiger partial charge in [-0.25, -0.2) is 0 Å². The van der Waals surface area contributed by atoms with Crippen LogP contribution in [0.3, 0.4) is 0 Å². The zero-order valence-corrected chi connectivity index (χ0v) is 8.70. The summed E-state index contributed by atoms with van der Waals surface area (Å²) in [5.41, 5.74) is 0. The van der Waals surface area contributed by atoms with E-state index in [0.29, 0.717) is 0 Å². The first-order chi connectivity index (χ1) is 5.88. The second-order valence-electron chi connectivity index (χ2n) is 4.17. The summed E-state index contributed by atoms with van der Waals surface area (Å²) in [6.45, 7) is 2.31. The summed E-state index contributed by atoms with van der Waals surface area (Å²) in [6, 6.07) is 1.72. The second kappa shape index (κ2) is 4.01. The van der Waals surface area contributed by atoms with Crippen molar-refractivity contribution >= 4 is 11.8 Å². The first-order valence-electron chi connectivity index (χ1n) is 5.22. The van der Waals surface area contributed by atoms with Gasteiger partial charge in [-0.05, 0) is 30.9 Å². The van der Waals surface area contributed by atoms with Crippen molar-refractivity contribution < 1.29 is 0 Å². The molecule has 1 N–H and O–H groups in total. The van der Waals surface area contributed by atoms with Crippen LogP contribution >= 0.6 is 11.8 Å². The summed E-state index contributed by atoms with van der Waals surface area (Å²) < 4.78 is 0. The van der Waals surface area contributed by atoms with Crippen molar-refractivity contribution in [3.8, 4) is 0 Å². The molecule has 0 bridgehead atoms. The van der Waals surface area contributed by atoms with Crippen LogP contribution in [0.4, 0.5) is 0 Å². The van der Waals surface area contributed by atoms with Crippen molar-refractivity contribution in [2.24, 2.45) is 5.92 Å². The highest BCUT2D eigenvalue weighted by Gasteiger charge is 2.29. The third-order valence-electron chi connectivity index (χ3n) is 3.21. The lowest BCUT2D eigenvalue weighted by molar-refractivity contribution is 0.204. The van der Waals surface area contributed by atoms with E-state index in [9.17, 15) is 0 Å². The lowest BCUT2D eigenvalue weighted by atomic mass is 9.78. The predicted octanol–water partition coefficient (Wildman–Crippen LogP) is 2.27. The van der Waals surface area contributed by atoms with Crippen LogP contribution in [-0.4, -0.2) is 23.6 Å². The Labute approximate surface area is 79.7 Å². The van der Waals surface area contributed by atoms with Gasteiger partial charge in [0.05, 0.1) is 0 Å². The molecule has 1 aliphatic carbocycles. The SMILES string of the molecule is CCC1CC(NC2CCSC2)C1. The highest BCUT2D eigenvalue weighted by atomic mass is 32.2. The highest BCUT2D eigenvalue weighted by molar-refractivity contribution is 7.99. The molecular formula is C10H19NS. The molecule has 1 atom stereocenters. The Morgan fingerprint density at radius 2 is 2.17 bits per heavy atom. The molecule has 2 heteroatoms. The molecule has 2 aliphatic rings. The molecular weight excluding hydrogens is 166 g/mol. The second-order valence-corrected chi connectivity index (χ2v) is 5.32. The molecule has 1 unspecified atom stereocenters. The standard InChI is InChI=1S/C10H19NS/c1-2-8-5-10(6-8)11-9-3-4-12-7-9/h8-11H,2-7H2,1H3. The average Bonchev–Trinajstić information content (AvgIpc) is 2.47. The van der Waals surface area contributed by atoms with Gasteiger partial charge in [-0.15, -0.1) is 0 Å². The van der Waals surface area contributed by atoms with E-state index in [2.05, 4.69) is 24.0 Å². The van der Waals surface area contributed by atoms with E-state index < -0.39 is 0 Å². The monoisotopic (exact) mass is 185 g/mol. The van der Waals surface area contributed by atoms with Gasteiger partial charge in [-0.2, -0.15) is 11.8 Å². The van der Waals surface area contributed by atoms with Crippen molar-refractivity contribution in [2.75, 3.05) is 11.5 Å². The van der Waals surface area contributed by atoms with E-state index in [1.54, 1.807) is 0 Å². The van der Waals surface area contributed by atoms with Crippen LogP contribution in [0.5, 0.6) is 0 Å². The van der Waals surface area contributed by atoms with Crippen LogP contribution in [0.25, 0.3) is 0 Å². The predicted molar refractivity (Wildman–Crippen MR) is 55.7 cm³/mol. The smallest absolute Gasteiger partial charge is 0.0168 e. The van der Waals surface area contributed by atoms with E-state index in [-0.39, 0.29) is 0 Å². The number of thioether (sulfide) groups is 1. The first-order valence-corrected chi connectivity index (χ1v) is 6.37. The van der Waals surface area contributed by atoms with Gasteiger partial charge in [0.1, 0.15) is 0 Å². The molecule has 1 aliphatic heterocycles. The summed E-state index contributed by atoms with van der Waals surface area (Å²) in [5.74, 6) is 3.77. The summed E-state index contributed by atoms with van der Waals surface area (Å²) in [6.07, 6.45) is 5.67. The normalized spacial score (nSPS) is 41.2. The van der Waals surface area contributed by atoms with Crippen LogP contribution in [-0.2, 0) is 0 Å². The Morgan fingerprint density at radius 1 is 1.33 bits per heavy atom. The molecule has 0 spiro atoms. The molecule has 0 radical (unpaired) electrons. The quantitative estimate of drug-likeness (QED) is 0.724. The van der Waals surface area contributed by atoms with E-state index in [0.717, 1.165) is 18.0 Å². The van der Waals surface area contributed by atoms with Gasteiger partial charge in [0.15, 0.2) is 0 Å². The molecule has 12 heavy (non-hydrogen) atoms. The fourth-order valence-electron chi connectivity index (χ4n) is 2.20. The Kier molecular flexibility index (Phi) is 2.97. The van der Waals surface area contributed by atoms with E-state index in [1.165, 1.54) is 37.2 Å². The zero-order valence-electron chi connectivity index (χ0n) is 7.88. The minimum atomic E-state index is 0.845. The minimum Gasteiger partial charge on any atom is -0.310 e. The largest absolute Gasteiger partial charge is 0.310 e. The van der Waals surface area contributed by atoms with Gasteiger partial charge < -0.3 is 5.32 Å². The molecule has 0 aromatic heterocycles. The third kappa shape index (κ3) is 1.97. The van der Waals surface area contributed by atoms with Crippen molar-refractivity contribution in [1.29, 1.82) is 0 Å². The van der Waals surface area contributed by atoms with E-state index in [4.69, 9.17) is 0 Å². The Morgan fingerprint density at radius 3 is 2.75 bits per heavy atom. The van der Waals surface area contributed by atoms with Crippen LogP contribution in [0.15, 0.2) is 0 Å². The summed E-state index contributed by atoms with van der Waals surface area (Å²) in [4.78, 5) is 0. The fourth-order valence-corrected chi connectivity index (χ4v) is 3.37. The maximum absolute atomic E-state index is 3.76. The lowest BCUT2D eigenvalue weighted by Crippen LogP contribution is -2.46. The highest BCUT2D eigenvalue weighted by Crippen LogP contribution is 2.31.